The van der Waals surface area contributed by atoms with Crippen molar-refractivity contribution in [2.75, 3.05) is 13.2 Å². The third-order valence-electron chi connectivity index (χ3n) is 4.27. The van der Waals surface area contributed by atoms with Crippen LogP contribution in [0.4, 0.5) is 0 Å². The molecule has 27 heavy (non-hydrogen) atoms. The molecule has 0 heterocycles. The van der Waals surface area contributed by atoms with Crippen LogP contribution in [0.15, 0.2) is 72.1 Å². The molecule has 0 amide bonds. The van der Waals surface area contributed by atoms with Crippen LogP contribution in [-0.2, 0) is 8.85 Å². The van der Waals surface area contributed by atoms with Crippen molar-refractivity contribution in [2.24, 2.45) is 0 Å². The van der Waals surface area contributed by atoms with Gasteiger partial charge in [0, 0.05) is 13.2 Å². The molecule has 0 atom stereocenters. The molecule has 0 aromatic heterocycles. The molecule has 2 aromatic rings. The lowest BCUT2D eigenvalue weighted by Gasteiger charge is -2.25. The Morgan fingerprint density at radius 3 is 1.44 bits per heavy atom. The molecule has 0 saturated carbocycles. The number of hydrogen-bond acceptors (Lipinski definition) is 2. The van der Waals surface area contributed by atoms with Crippen LogP contribution in [0.2, 0.25) is 0 Å². The topological polar surface area (TPSA) is 18.5 Å². The summed E-state index contributed by atoms with van der Waals surface area (Å²) in [6, 6.07) is 20.7. The summed E-state index contributed by atoms with van der Waals surface area (Å²) in [6.07, 6.45) is 8.60. The van der Waals surface area contributed by atoms with Crippen molar-refractivity contribution >= 4 is 20.7 Å². The van der Waals surface area contributed by atoms with E-state index in [0.29, 0.717) is 0 Å². The van der Waals surface area contributed by atoms with E-state index in [0.717, 1.165) is 38.9 Å². The van der Waals surface area contributed by atoms with E-state index in [1.165, 1.54) is 11.1 Å². The van der Waals surface area contributed by atoms with Gasteiger partial charge < -0.3 is 8.85 Å². The third-order valence-corrected chi connectivity index (χ3v) is 6.84. The van der Waals surface area contributed by atoms with Crippen molar-refractivity contribution in [3.05, 3.63) is 83.2 Å². The summed E-state index contributed by atoms with van der Waals surface area (Å²) < 4.78 is 12.8. The largest absolute Gasteiger partial charge is 0.392 e. The standard InChI is InChI=1S/C24H32O2Si/c1-3-5-19-25-27(26-20-6-4-2,21-17-23-13-9-7-10-14-23)22-18-24-15-11-8-12-16-24/h7-18,21-22H,3-6,19-20H2,1-2H3. The highest BCUT2D eigenvalue weighted by atomic mass is 28.4. The van der Waals surface area contributed by atoms with Gasteiger partial charge in [-0.25, -0.2) is 0 Å². The van der Waals surface area contributed by atoms with Crippen LogP contribution in [0.1, 0.15) is 50.7 Å². The Labute approximate surface area is 165 Å². The van der Waals surface area contributed by atoms with E-state index in [4.69, 9.17) is 8.85 Å². The Kier molecular flexibility index (Phi) is 9.84. The van der Waals surface area contributed by atoms with E-state index in [1.54, 1.807) is 0 Å². The molecule has 0 fully saturated rings. The summed E-state index contributed by atoms with van der Waals surface area (Å²) in [5.74, 6) is 0. The van der Waals surface area contributed by atoms with Gasteiger partial charge in [0.15, 0.2) is 0 Å². The SMILES string of the molecule is CCCCO[Si](C=Cc1ccccc1)(C=Cc1ccccc1)OCCCC. The van der Waals surface area contributed by atoms with Crippen molar-refractivity contribution in [3.8, 4) is 0 Å². The second-order valence-corrected chi connectivity index (χ2v) is 9.30. The number of hydrogen-bond donors (Lipinski definition) is 0. The molecule has 0 N–H and O–H groups in total. The van der Waals surface area contributed by atoms with E-state index < -0.39 is 8.56 Å². The molecule has 0 aliphatic carbocycles. The summed E-state index contributed by atoms with van der Waals surface area (Å²) >= 11 is 0. The van der Waals surface area contributed by atoms with Crippen molar-refractivity contribution < 1.29 is 8.85 Å². The van der Waals surface area contributed by atoms with Gasteiger partial charge in [-0.05, 0) is 35.4 Å². The van der Waals surface area contributed by atoms with Crippen LogP contribution in [0.5, 0.6) is 0 Å². The maximum Gasteiger partial charge on any atom is 0.392 e. The van der Waals surface area contributed by atoms with Gasteiger partial charge in [-0.3, -0.25) is 0 Å². The number of benzene rings is 2. The first-order valence-electron chi connectivity index (χ1n) is 10.0. The fourth-order valence-corrected chi connectivity index (χ4v) is 4.95. The van der Waals surface area contributed by atoms with Crippen molar-refractivity contribution in [1.82, 2.24) is 0 Å². The Morgan fingerprint density at radius 1 is 0.667 bits per heavy atom. The van der Waals surface area contributed by atoms with Gasteiger partial charge in [0.25, 0.3) is 0 Å². The van der Waals surface area contributed by atoms with Gasteiger partial charge >= 0.3 is 8.56 Å². The zero-order chi connectivity index (χ0) is 19.2. The highest BCUT2D eigenvalue weighted by Gasteiger charge is 2.32. The van der Waals surface area contributed by atoms with Crippen LogP contribution in [0.3, 0.4) is 0 Å². The van der Waals surface area contributed by atoms with E-state index in [2.05, 4.69) is 85.9 Å². The second-order valence-electron chi connectivity index (χ2n) is 6.61. The van der Waals surface area contributed by atoms with Crippen LogP contribution in [0.25, 0.3) is 12.2 Å². The Morgan fingerprint density at radius 2 is 1.07 bits per heavy atom. The molecular formula is C24H32O2Si. The van der Waals surface area contributed by atoms with Crippen LogP contribution < -0.4 is 0 Å². The maximum absolute atomic E-state index is 6.40. The summed E-state index contributed by atoms with van der Waals surface area (Å²) in [5, 5.41) is 0. The summed E-state index contributed by atoms with van der Waals surface area (Å²) in [5.41, 5.74) is 6.68. The van der Waals surface area contributed by atoms with Crippen LogP contribution in [0, 0.1) is 0 Å². The molecule has 0 aliphatic heterocycles. The summed E-state index contributed by atoms with van der Waals surface area (Å²) in [4.78, 5) is 0. The van der Waals surface area contributed by atoms with Crippen molar-refractivity contribution in [2.45, 2.75) is 39.5 Å². The zero-order valence-electron chi connectivity index (χ0n) is 16.6. The smallest absolute Gasteiger partial charge is 0.388 e. The van der Waals surface area contributed by atoms with Gasteiger partial charge in [-0.1, -0.05) is 99.5 Å². The maximum atomic E-state index is 6.40. The van der Waals surface area contributed by atoms with Gasteiger partial charge in [0.2, 0.25) is 0 Å². The highest BCUT2D eigenvalue weighted by molar-refractivity contribution is 6.78. The Hall–Kier alpha value is -1.94. The molecule has 0 unspecified atom stereocenters. The average Bonchev–Trinajstić information content (AvgIpc) is 2.72. The lowest BCUT2D eigenvalue weighted by Crippen LogP contribution is -2.39. The fraction of sp³-hybridized carbons (Fsp3) is 0.333. The number of rotatable bonds is 12. The fourth-order valence-electron chi connectivity index (χ4n) is 2.59. The molecule has 2 aromatic carbocycles. The number of unbranched alkanes of at least 4 members (excludes halogenated alkanes) is 2. The van der Waals surface area contributed by atoms with Gasteiger partial charge in [0.1, 0.15) is 0 Å². The second kappa shape index (κ2) is 12.4. The minimum absolute atomic E-state index is 0.729. The molecule has 0 aliphatic rings. The molecule has 2 rings (SSSR count). The Balaban J connectivity index is 2.27. The third kappa shape index (κ3) is 8.08. The van der Waals surface area contributed by atoms with E-state index >= 15 is 0 Å². The monoisotopic (exact) mass is 380 g/mol. The highest BCUT2D eigenvalue weighted by Crippen LogP contribution is 2.18. The first kappa shape index (κ1) is 21.4. The average molecular weight is 381 g/mol. The zero-order valence-corrected chi connectivity index (χ0v) is 17.6. The Bertz CT molecular complexity index is 619. The molecule has 2 nitrogen and oxygen atoms in total. The molecule has 0 spiro atoms. The first-order valence-corrected chi connectivity index (χ1v) is 12.0. The normalized spacial score (nSPS) is 12.2. The minimum atomic E-state index is -2.60. The molecule has 144 valence electrons. The lowest BCUT2D eigenvalue weighted by molar-refractivity contribution is 0.184. The summed E-state index contributed by atoms with van der Waals surface area (Å²) in [7, 11) is -2.60. The molecule has 0 bridgehead atoms. The van der Waals surface area contributed by atoms with Crippen molar-refractivity contribution in [3.63, 3.8) is 0 Å². The molecule has 0 saturated heterocycles. The van der Waals surface area contributed by atoms with Crippen LogP contribution in [-0.4, -0.2) is 21.8 Å². The predicted octanol–water partition coefficient (Wildman–Crippen LogP) is 6.57. The van der Waals surface area contributed by atoms with Crippen LogP contribution >= 0.6 is 0 Å². The lowest BCUT2D eigenvalue weighted by atomic mass is 10.2. The molecular weight excluding hydrogens is 348 g/mol. The van der Waals surface area contributed by atoms with Gasteiger partial charge in [-0.2, -0.15) is 0 Å². The summed E-state index contributed by atoms with van der Waals surface area (Å²) in [6.45, 7) is 5.83. The van der Waals surface area contributed by atoms with Crippen molar-refractivity contribution in [1.29, 1.82) is 0 Å². The molecule has 0 radical (unpaired) electrons. The van der Waals surface area contributed by atoms with E-state index in [1.807, 2.05) is 12.1 Å². The van der Waals surface area contributed by atoms with Gasteiger partial charge in [0.05, 0.1) is 0 Å². The minimum Gasteiger partial charge on any atom is -0.388 e. The van der Waals surface area contributed by atoms with Gasteiger partial charge in [-0.15, -0.1) is 0 Å². The first-order chi connectivity index (χ1) is 13.3. The molecule has 3 heteroatoms. The van der Waals surface area contributed by atoms with E-state index in [9.17, 15) is 0 Å². The quantitative estimate of drug-likeness (QED) is 0.306. The predicted molar refractivity (Wildman–Crippen MR) is 118 cm³/mol. The van der Waals surface area contributed by atoms with E-state index in [-0.39, 0.29) is 0 Å².